The Bertz CT molecular complexity index is 447. The van der Waals surface area contributed by atoms with Crippen molar-refractivity contribution in [3.63, 3.8) is 0 Å². The Kier molecular flexibility index (Phi) is 4.80. The van der Waals surface area contributed by atoms with E-state index in [0.717, 1.165) is 19.4 Å². The average Bonchev–Trinajstić information content (AvgIpc) is 2.30. The first-order chi connectivity index (χ1) is 9.04. The lowest BCUT2D eigenvalue weighted by Gasteiger charge is -2.34. The predicted molar refractivity (Wildman–Crippen MR) is 76.3 cm³/mol. The van der Waals surface area contributed by atoms with E-state index in [1.165, 1.54) is 0 Å². The second kappa shape index (κ2) is 6.37. The molecule has 0 spiro atoms. The molecule has 1 aliphatic rings. The van der Waals surface area contributed by atoms with Crippen LogP contribution >= 0.6 is 11.6 Å². The maximum atomic E-state index is 11.9. The number of likely N-dealkylation sites (N-methyl/N-ethyl adjacent to an activating group) is 1. The standard InChI is InChI=1S/C14H19ClN2O2/c1-17(8-10-6-11(18)7-10)9-14(19)16-13-5-3-2-4-12(13)15/h2-5,10-11,18H,6-9H2,1H3,(H,16,19). The molecule has 1 aromatic rings. The van der Waals surface area contributed by atoms with E-state index >= 15 is 0 Å². The second-order valence-electron chi connectivity index (χ2n) is 5.22. The number of aliphatic hydroxyl groups excluding tert-OH is 1. The van der Waals surface area contributed by atoms with Crippen LogP contribution in [0.25, 0.3) is 0 Å². The van der Waals surface area contributed by atoms with E-state index in [1.54, 1.807) is 12.1 Å². The molecule has 2 N–H and O–H groups in total. The van der Waals surface area contributed by atoms with Crippen LogP contribution in [-0.4, -0.2) is 42.2 Å². The number of benzene rings is 1. The number of carbonyl (C=O) groups excluding carboxylic acids is 1. The summed E-state index contributed by atoms with van der Waals surface area (Å²) in [5.74, 6) is 0.434. The van der Waals surface area contributed by atoms with Gasteiger partial charge in [0.25, 0.3) is 0 Å². The highest BCUT2D eigenvalue weighted by Gasteiger charge is 2.28. The van der Waals surface area contributed by atoms with E-state index < -0.39 is 0 Å². The van der Waals surface area contributed by atoms with Gasteiger partial charge in [-0.1, -0.05) is 23.7 Å². The van der Waals surface area contributed by atoms with Gasteiger partial charge < -0.3 is 10.4 Å². The first kappa shape index (κ1) is 14.3. The summed E-state index contributed by atoms with van der Waals surface area (Å²) in [7, 11) is 1.91. The summed E-state index contributed by atoms with van der Waals surface area (Å²) < 4.78 is 0. The molecule has 0 atom stereocenters. The van der Waals surface area contributed by atoms with Gasteiger partial charge in [-0.05, 0) is 37.9 Å². The first-order valence-corrected chi connectivity index (χ1v) is 6.83. The molecule has 5 heteroatoms. The molecular formula is C14H19ClN2O2. The van der Waals surface area contributed by atoms with Crippen molar-refractivity contribution in [3.8, 4) is 0 Å². The number of halogens is 1. The van der Waals surface area contributed by atoms with Gasteiger partial charge in [0, 0.05) is 6.54 Å². The summed E-state index contributed by atoms with van der Waals surface area (Å²) in [5.41, 5.74) is 0.640. The molecule has 104 valence electrons. The molecule has 0 aromatic heterocycles. The summed E-state index contributed by atoms with van der Waals surface area (Å²) in [6.45, 7) is 1.17. The van der Waals surface area contributed by atoms with Gasteiger partial charge in [0.2, 0.25) is 5.91 Å². The third kappa shape index (κ3) is 4.20. The van der Waals surface area contributed by atoms with Crippen molar-refractivity contribution < 1.29 is 9.90 Å². The first-order valence-electron chi connectivity index (χ1n) is 6.45. The molecule has 0 radical (unpaired) electrons. The largest absolute Gasteiger partial charge is 0.393 e. The molecule has 1 fully saturated rings. The molecule has 1 saturated carbocycles. The van der Waals surface area contributed by atoms with Crippen molar-refractivity contribution in [2.45, 2.75) is 18.9 Å². The fourth-order valence-corrected chi connectivity index (χ4v) is 2.54. The lowest BCUT2D eigenvalue weighted by atomic mass is 9.82. The van der Waals surface area contributed by atoms with E-state index in [2.05, 4.69) is 5.32 Å². The van der Waals surface area contributed by atoms with Gasteiger partial charge in [0.15, 0.2) is 0 Å². The molecular weight excluding hydrogens is 264 g/mol. The molecule has 1 amide bonds. The van der Waals surface area contributed by atoms with Crippen LogP contribution in [0.2, 0.25) is 5.02 Å². The fourth-order valence-electron chi connectivity index (χ4n) is 2.35. The normalized spacial score (nSPS) is 22.1. The minimum atomic E-state index is -0.143. The molecule has 4 nitrogen and oxygen atoms in total. The molecule has 0 aliphatic heterocycles. The van der Waals surface area contributed by atoms with Crippen molar-refractivity contribution in [1.29, 1.82) is 0 Å². The highest BCUT2D eigenvalue weighted by atomic mass is 35.5. The number of anilines is 1. The van der Waals surface area contributed by atoms with Crippen molar-refractivity contribution in [2.24, 2.45) is 5.92 Å². The Labute approximate surface area is 118 Å². The summed E-state index contributed by atoms with van der Waals surface area (Å²) in [4.78, 5) is 13.8. The lowest BCUT2D eigenvalue weighted by molar-refractivity contribution is -0.117. The number of amides is 1. The molecule has 1 aliphatic carbocycles. The zero-order valence-electron chi connectivity index (χ0n) is 11.0. The zero-order chi connectivity index (χ0) is 13.8. The molecule has 19 heavy (non-hydrogen) atoms. The van der Waals surface area contributed by atoms with Gasteiger partial charge >= 0.3 is 0 Å². The molecule has 1 aromatic carbocycles. The van der Waals surface area contributed by atoms with Crippen LogP contribution in [0.4, 0.5) is 5.69 Å². The van der Waals surface area contributed by atoms with E-state index in [4.69, 9.17) is 11.6 Å². The highest BCUT2D eigenvalue weighted by molar-refractivity contribution is 6.33. The predicted octanol–water partition coefficient (Wildman–Crippen LogP) is 1.98. The minimum Gasteiger partial charge on any atom is -0.393 e. The molecule has 0 bridgehead atoms. The van der Waals surface area contributed by atoms with Gasteiger partial charge in [-0.25, -0.2) is 0 Å². The van der Waals surface area contributed by atoms with Crippen LogP contribution in [0, 0.1) is 5.92 Å². The van der Waals surface area contributed by atoms with Gasteiger partial charge in [0.05, 0.1) is 23.4 Å². The van der Waals surface area contributed by atoms with Crippen LogP contribution in [-0.2, 0) is 4.79 Å². The van der Waals surface area contributed by atoms with E-state index in [9.17, 15) is 9.90 Å². The average molecular weight is 283 g/mol. The Morgan fingerprint density at radius 1 is 1.47 bits per heavy atom. The number of nitrogens with one attached hydrogen (secondary N) is 1. The molecule has 2 rings (SSSR count). The lowest BCUT2D eigenvalue weighted by Crippen LogP contribution is -2.39. The number of nitrogens with zero attached hydrogens (tertiary/aromatic N) is 1. The van der Waals surface area contributed by atoms with Crippen molar-refractivity contribution in [1.82, 2.24) is 4.90 Å². The highest BCUT2D eigenvalue weighted by Crippen LogP contribution is 2.27. The maximum absolute atomic E-state index is 11.9. The number of hydrogen-bond acceptors (Lipinski definition) is 3. The minimum absolute atomic E-state index is 0.0736. The second-order valence-corrected chi connectivity index (χ2v) is 5.62. The summed E-state index contributed by atoms with van der Waals surface area (Å²) in [6, 6.07) is 7.19. The number of aliphatic hydroxyl groups is 1. The van der Waals surface area contributed by atoms with Gasteiger partial charge in [-0.15, -0.1) is 0 Å². The Morgan fingerprint density at radius 2 is 2.16 bits per heavy atom. The van der Waals surface area contributed by atoms with Crippen LogP contribution in [0.3, 0.4) is 0 Å². The summed E-state index contributed by atoms with van der Waals surface area (Å²) in [5, 5.41) is 12.6. The molecule has 0 saturated heterocycles. The number of hydrogen-bond donors (Lipinski definition) is 2. The quantitative estimate of drug-likeness (QED) is 0.868. The monoisotopic (exact) mass is 282 g/mol. The van der Waals surface area contributed by atoms with Crippen LogP contribution in [0.1, 0.15) is 12.8 Å². The summed E-state index contributed by atoms with van der Waals surface area (Å²) >= 11 is 5.98. The number of rotatable bonds is 5. The number of carbonyl (C=O) groups is 1. The molecule has 0 unspecified atom stereocenters. The van der Waals surface area contributed by atoms with Crippen molar-refractivity contribution in [2.75, 3.05) is 25.5 Å². The smallest absolute Gasteiger partial charge is 0.238 e. The third-order valence-corrected chi connectivity index (χ3v) is 3.67. The van der Waals surface area contributed by atoms with Crippen molar-refractivity contribution in [3.05, 3.63) is 29.3 Å². The van der Waals surface area contributed by atoms with Crippen LogP contribution in [0.15, 0.2) is 24.3 Å². The van der Waals surface area contributed by atoms with Gasteiger partial charge in [0.1, 0.15) is 0 Å². The zero-order valence-corrected chi connectivity index (χ0v) is 11.7. The van der Waals surface area contributed by atoms with Gasteiger partial charge in [-0.2, -0.15) is 0 Å². The Morgan fingerprint density at radius 3 is 2.79 bits per heavy atom. The Balaban J connectivity index is 1.76. The topological polar surface area (TPSA) is 52.6 Å². The van der Waals surface area contributed by atoms with E-state index in [-0.39, 0.29) is 12.0 Å². The van der Waals surface area contributed by atoms with Crippen LogP contribution < -0.4 is 5.32 Å². The van der Waals surface area contributed by atoms with Gasteiger partial charge in [-0.3, -0.25) is 9.69 Å². The third-order valence-electron chi connectivity index (χ3n) is 3.34. The SMILES string of the molecule is CN(CC(=O)Nc1ccccc1Cl)CC1CC(O)C1. The maximum Gasteiger partial charge on any atom is 0.238 e. The van der Waals surface area contributed by atoms with Crippen LogP contribution in [0.5, 0.6) is 0 Å². The summed E-state index contributed by atoms with van der Waals surface area (Å²) in [6.07, 6.45) is 1.54. The molecule has 0 heterocycles. The fraction of sp³-hybridized carbons (Fsp3) is 0.500. The van der Waals surface area contributed by atoms with E-state index in [1.807, 2.05) is 24.1 Å². The van der Waals surface area contributed by atoms with E-state index in [0.29, 0.717) is 23.2 Å². The number of para-hydroxylation sites is 1. The Hall–Kier alpha value is -1.10. The van der Waals surface area contributed by atoms with Crippen molar-refractivity contribution >= 4 is 23.2 Å².